The number of carbonyl (C=O) groups excluding carboxylic acids is 2. The van der Waals surface area contributed by atoms with Crippen molar-refractivity contribution < 1.29 is 9.59 Å². The minimum atomic E-state index is -0.210. The highest BCUT2D eigenvalue weighted by atomic mass is 35.5. The van der Waals surface area contributed by atoms with Gasteiger partial charge in [-0.15, -0.1) is 0 Å². The first kappa shape index (κ1) is 19.1. The van der Waals surface area contributed by atoms with Crippen LogP contribution in [0.15, 0.2) is 42.5 Å². The molecular formula is C18H19Cl2N3O2. The topological polar surface area (TPSA) is 61.4 Å². The second kappa shape index (κ2) is 8.74. The molecule has 0 saturated carbocycles. The van der Waals surface area contributed by atoms with Crippen LogP contribution in [0.2, 0.25) is 10.0 Å². The highest BCUT2D eigenvalue weighted by Crippen LogP contribution is 2.21. The number of benzene rings is 2. The minimum absolute atomic E-state index is 0.146. The van der Waals surface area contributed by atoms with E-state index in [-0.39, 0.29) is 18.4 Å². The van der Waals surface area contributed by atoms with E-state index in [1.165, 1.54) is 4.90 Å². The molecular weight excluding hydrogens is 361 g/mol. The summed E-state index contributed by atoms with van der Waals surface area (Å²) in [7, 11) is 3.34. The second-order valence-electron chi connectivity index (χ2n) is 5.71. The van der Waals surface area contributed by atoms with Gasteiger partial charge in [-0.3, -0.25) is 4.79 Å². The van der Waals surface area contributed by atoms with E-state index in [1.54, 1.807) is 38.4 Å². The van der Waals surface area contributed by atoms with Crippen molar-refractivity contribution in [3.8, 4) is 0 Å². The summed E-state index contributed by atoms with van der Waals surface area (Å²) in [6, 6.07) is 12.1. The number of carbonyl (C=O) groups is 2. The molecule has 0 unspecified atom stereocenters. The van der Waals surface area contributed by atoms with Crippen molar-refractivity contribution in [2.75, 3.05) is 19.4 Å². The summed E-state index contributed by atoms with van der Waals surface area (Å²) in [4.78, 5) is 25.2. The number of urea groups is 1. The summed E-state index contributed by atoms with van der Waals surface area (Å²) in [5.41, 5.74) is 2.27. The molecule has 2 rings (SSSR count). The van der Waals surface area contributed by atoms with Gasteiger partial charge in [0.05, 0.1) is 6.42 Å². The number of hydrogen-bond acceptors (Lipinski definition) is 2. The van der Waals surface area contributed by atoms with Crippen LogP contribution in [0.3, 0.4) is 0 Å². The lowest BCUT2D eigenvalue weighted by Gasteiger charge is -2.13. The van der Waals surface area contributed by atoms with Crippen LogP contribution in [0, 0.1) is 0 Å². The molecule has 2 aromatic carbocycles. The molecule has 0 fully saturated rings. The molecule has 0 bridgehead atoms. The van der Waals surface area contributed by atoms with E-state index >= 15 is 0 Å². The summed E-state index contributed by atoms with van der Waals surface area (Å²) >= 11 is 11.9. The molecule has 0 spiro atoms. The van der Waals surface area contributed by atoms with Gasteiger partial charge in [0, 0.05) is 36.4 Å². The van der Waals surface area contributed by atoms with E-state index < -0.39 is 0 Å². The second-order valence-corrected chi connectivity index (χ2v) is 6.56. The van der Waals surface area contributed by atoms with E-state index in [1.807, 2.05) is 18.2 Å². The van der Waals surface area contributed by atoms with Crippen molar-refractivity contribution >= 4 is 40.8 Å². The van der Waals surface area contributed by atoms with E-state index in [2.05, 4.69) is 10.6 Å². The molecule has 7 heteroatoms. The Kier molecular flexibility index (Phi) is 6.67. The number of rotatable bonds is 5. The number of nitrogens with zero attached hydrogens (tertiary/aromatic N) is 1. The average Bonchev–Trinajstić information content (AvgIpc) is 2.56. The SMILES string of the molecule is CN(C)C(=O)Nc1cccc(CNC(=O)Cc2ccc(Cl)cc2Cl)c1. The molecule has 0 aliphatic heterocycles. The molecule has 0 aliphatic rings. The average molecular weight is 380 g/mol. The van der Waals surface area contributed by atoms with Gasteiger partial charge in [0.25, 0.3) is 0 Å². The third-order valence-electron chi connectivity index (χ3n) is 3.44. The largest absolute Gasteiger partial charge is 0.352 e. The van der Waals surface area contributed by atoms with Crippen molar-refractivity contribution in [2.45, 2.75) is 13.0 Å². The van der Waals surface area contributed by atoms with Gasteiger partial charge in [0.2, 0.25) is 5.91 Å². The van der Waals surface area contributed by atoms with Crippen LogP contribution < -0.4 is 10.6 Å². The maximum absolute atomic E-state index is 12.1. The Balaban J connectivity index is 1.92. The first-order valence-electron chi connectivity index (χ1n) is 7.63. The third-order valence-corrected chi connectivity index (χ3v) is 4.03. The molecule has 3 amide bonds. The quantitative estimate of drug-likeness (QED) is 0.825. The number of amides is 3. The van der Waals surface area contributed by atoms with Gasteiger partial charge in [0.1, 0.15) is 0 Å². The van der Waals surface area contributed by atoms with E-state index in [0.717, 1.165) is 11.1 Å². The maximum atomic E-state index is 12.1. The predicted octanol–water partition coefficient (Wildman–Crippen LogP) is 3.95. The van der Waals surface area contributed by atoms with Gasteiger partial charge < -0.3 is 15.5 Å². The number of anilines is 1. The van der Waals surface area contributed by atoms with Gasteiger partial charge >= 0.3 is 6.03 Å². The van der Waals surface area contributed by atoms with E-state index in [9.17, 15) is 9.59 Å². The number of hydrogen-bond donors (Lipinski definition) is 2. The lowest BCUT2D eigenvalue weighted by atomic mass is 10.1. The first-order chi connectivity index (χ1) is 11.8. The van der Waals surface area contributed by atoms with Gasteiger partial charge in [-0.2, -0.15) is 0 Å². The Labute approximate surface area is 156 Å². The minimum Gasteiger partial charge on any atom is -0.352 e. The fourth-order valence-electron chi connectivity index (χ4n) is 2.10. The zero-order chi connectivity index (χ0) is 18.4. The molecule has 0 atom stereocenters. The molecule has 0 saturated heterocycles. The summed E-state index contributed by atoms with van der Waals surface area (Å²) in [5, 5.41) is 6.61. The normalized spacial score (nSPS) is 10.2. The van der Waals surface area contributed by atoms with Crippen molar-refractivity contribution in [2.24, 2.45) is 0 Å². The third kappa shape index (κ3) is 5.96. The molecule has 2 N–H and O–H groups in total. The summed E-state index contributed by atoms with van der Waals surface area (Å²) in [5.74, 6) is -0.146. The molecule has 0 heterocycles. The van der Waals surface area contributed by atoms with Gasteiger partial charge in [-0.1, -0.05) is 41.4 Å². The fourth-order valence-corrected chi connectivity index (χ4v) is 2.57. The molecule has 2 aromatic rings. The summed E-state index contributed by atoms with van der Waals surface area (Å²) in [6.07, 6.45) is 0.174. The Bertz CT molecular complexity index is 779. The molecule has 5 nitrogen and oxygen atoms in total. The standard InChI is InChI=1S/C18H19Cl2N3O2/c1-23(2)18(25)22-15-5-3-4-12(8-15)11-21-17(24)9-13-6-7-14(19)10-16(13)20/h3-8,10H,9,11H2,1-2H3,(H,21,24)(H,22,25). The van der Waals surface area contributed by atoms with Crippen LogP contribution >= 0.6 is 23.2 Å². The van der Waals surface area contributed by atoms with Crippen LogP contribution in [-0.4, -0.2) is 30.9 Å². The molecule has 0 radical (unpaired) electrons. The lowest BCUT2D eigenvalue weighted by Crippen LogP contribution is -2.27. The van der Waals surface area contributed by atoms with E-state index in [0.29, 0.717) is 22.3 Å². The molecule has 0 aromatic heterocycles. The molecule has 25 heavy (non-hydrogen) atoms. The summed E-state index contributed by atoms with van der Waals surface area (Å²) in [6.45, 7) is 0.357. The van der Waals surface area contributed by atoms with Crippen LogP contribution in [0.4, 0.5) is 10.5 Å². The lowest BCUT2D eigenvalue weighted by molar-refractivity contribution is -0.120. The predicted molar refractivity (Wildman–Crippen MR) is 101 cm³/mol. The Hall–Kier alpha value is -2.24. The van der Waals surface area contributed by atoms with Crippen LogP contribution in [-0.2, 0) is 17.8 Å². The monoisotopic (exact) mass is 379 g/mol. The Morgan fingerprint density at radius 2 is 1.84 bits per heavy atom. The van der Waals surface area contributed by atoms with Crippen molar-refractivity contribution in [1.29, 1.82) is 0 Å². The molecule has 0 aliphatic carbocycles. The fraction of sp³-hybridized carbons (Fsp3) is 0.222. The van der Waals surface area contributed by atoms with Gasteiger partial charge in [-0.05, 0) is 35.4 Å². The highest BCUT2D eigenvalue weighted by molar-refractivity contribution is 6.35. The van der Waals surface area contributed by atoms with Crippen molar-refractivity contribution in [3.05, 3.63) is 63.6 Å². The van der Waals surface area contributed by atoms with Crippen LogP contribution in [0.25, 0.3) is 0 Å². The van der Waals surface area contributed by atoms with Crippen LogP contribution in [0.1, 0.15) is 11.1 Å². The highest BCUT2D eigenvalue weighted by Gasteiger charge is 2.08. The van der Waals surface area contributed by atoms with Crippen LogP contribution in [0.5, 0.6) is 0 Å². The smallest absolute Gasteiger partial charge is 0.321 e. The zero-order valence-electron chi connectivity index (χ0n) is 14.0. The number of nitrogens with one attached hydrogen (secondary N) is 2. The van der Waals surface area contributed by atoms with Gasteiger partial charge in [0.15, 0.2) is 0 Å². The maximum Gasteiger partial charge on any atom is 0.321 e. The van der Waals surface area contributed by atoms with E-state index in [4.69, 9.17) is 23.2 Å². The Morgan fingerprint density at radius 1 is 1.08 bits per heavy atom. The van der Waals surface area contributed by atoms with Crippen molar-refractivity contribution in [1.82, 2.24) is 10.2 Å². The summed E-state index contributed by atoms with van der Waals surface area (Å²) < 4.78 is 0. The Morgan fingerprint density at radius 3 is 2.52 bits per heavy atom. The first-order valence-corrected chi connectivity index (χ1v) is 8.38. The molecule has 132 valence electrons. The van der Waals surface area contributed by atoms with Crippen molar-refractivity contribution in [3.63, 3.8) is 0 Å². The van der Waals surface area contributed by atoms with Gasteiger partial charge in [-0.25, -0.2) is 4.79 Å². The zero-order valence-corrected chi connectivity index (χ0v) is 15.5. The number of halogens is 2.